The molecule has 0 aliphatic rings. The van der Waals surface area contributed by atoms with Crippen LogP contribution in [0.4, 0.5) is 0 Å². The molecule has 1 heterocycles. The molecular weight excluding hydrogens is 172 g/mol. The molecule has 0 atom stereocenters. The van der Waals surface area contributed by atoms with Crippen molar-refractivity contribution in [2.24, 2.45) is 0 Å². The number of Topliss-reactive ketones (excluding diaryl/α,β-unsaturated/α-hetero) is 2. The molecule has 0 saturated carbocycles. The van der Waals surface area contributed by atoms with Crippen molar-refractivity contribution in [3.05, 3.63) is 23.7 Å². The summed E-state index contributed by atoms with van der Waals surface area (Å²) in [6.45, 7) is 0. The summed E-state index contributed by atoms with van der Waals surface area (Å²) in [5.74, 6) is -2.23. The average molecular weight is 174 g/mol. The number of carbonyl (C=O) groups is 2. The molecule has 0 bridgehead atoms. The van der Waals surface area contributed by atoms with E-state index in [1.54, 1.807) is 0 Å². The molecule has 0 aliphatic heterocycles. The van der Waals surface area contributed by atoms with Gasteiger partial charge in [-0.25, -0.2) is 0 Å². The van der Waals surface area contributed by atoms with Crippen molar-refractivity contribution in [2.45, 2.75) is 0 Å². The Kier molecular flexibility index (Phi) is 2.23. The Hall–Kier alpha value is -2.40. The van der Waals surface area contributed by atoms with Gasteiger partial charge in [-0.15, -0.1) is 0 Å². The molecule has 0 N–H and O–H groups in total. The summed E-state index contributed by atoms with van der Waals surface area (Å²) in [5.41, 5.74) is 0. The number of carbonyl (C=O) groups excluding carboxylic acids is 2. The molecule has 0 saturated heterocycles. The summed E-state index contributed by atoms with van der Waals surface area (Å²) in [5, 5.41) is 16.4. The maximum absolute atomic E-state index is 10.7. The van der Waals surface area contributed by atoms with Gasteiger partial charge in [-0.3, -0.25) is 9.59 Å². The van der Waals surface area contributed by atoms with E-state index in [0.717, 1.165) is 0 Å². The number of rotatable bonds is 2. The molecule has 5 heteroatoms. The van der Waals surface area contributed by atoms with Crippen LogP contribution >= 0.6 is 0 Å². The van der Waals surface area contributed by atoms with Crippen LogP contribution in [0.25, 0.3) is 0 Å². The smallest absolute Gasteiger partial charge is 0.297 e. The molecule has 0 aliphatic carbocycles. The fraction of sp³-hybridized carbons (Fsp3) is 0. The molecule has 5 nitrogen and oxygen atoms in total. The van der Waals surface area contributed by atoms with E-state index >= 15 is 0 Å². The van der Waals surface area contributed by atoms with E-state index in [-0.39, 0.29) is 11.5 Å². The standard InChI is InChI=1S/C8H2N2O3/c9-3-5(11)7-1-2-8(13-7)6(12)4-10/h1-2H. The van der Waals surface area contributed by atoms with Crippen molar-refractivity contribution in [1.29, 1.82) is 10.5 Å². The van der Waals surface area contributed by atoms with Gasteiger partial charge in [-0.05, 0) is 12.1 Å². The van der Waals surface area contributed by atoms with Crippen LogP contribution in [0.5, 0.6) is 0 Å². The summed E-state index contributed by atoms with van der Waals surface area (Å²) in [6, 6.07) is 5.00. The van der Waals surface area contributed by atoms with Crippen LogP contribution in [-0.2, 0) is 0 Å². The summed E-state index contributed by atoms with van der Waals surface area (Å²) < 4.78 is 4.64. The number of nitrogens with zero attached hydrogens (tertiary/aromatic N) is 2. The van der Waals surface area contributed by atoms with E-state index in [9.17, 15) is 9.59 Å². The van der Waals surface area contributed by atoms with Crippen molar-refractivity contribution in [3.8, 4) is 12.1 Å². The minimum atomic E-state index is -0.878. The molecular formula is C8H2N2O3. The molecule has 62 valence electrons. The van der Waals surface area contributed by atoms with Gasteiger partial charge in [0.25, 0.3) is 11.6 Å². The topological polar surface area (TPSA) is 94.9 Å². The highest BCUT2D eigenvalue weighted by Gasteiger charge is 2.14. The van der Waals surface area contributed by atoms with Crippen LogP contribution in [0.15, 0.2) is 16.5 Å². The Morgan fingerprint density at radius 2 is 1.46 bits per heavy atom. The third kappa shape index (κ3) is 1.60. The van der Waals surface area contributed by atoms with Crippen molar-refractivity contribution in [3.63, 3.8) is 0 Å². The van der Waals surface area contributed by atoms with Gasteiger partial charge in [0.05, 0.1) is 0 Å². The Bertz CT molecular complexity index is 404. The maximum Gasteiger partial charge on any atom is 0.297 e. The molecule has 1 aromatic rings. The second-order valence-corrected chi connectivity index (χ2v) is 2.05. The Balaban J connectivity index is 3.03. The number of furan rings is 1. The molecule has 0 unspecified atom stereocenters. The van der Waals surface area contributed by atoms with Crippen molar-refractivity contribution in [1.82, 2.24) is 0 Å². The lowest BCUT2D eigenvalue weighted by Gasteiger charge is -1.83. The van der Waals surface area contributed by atoms with E-state index in [1.807, 2.05) is 0 Å². The predicted molar refractivity (Wildman–Crippen MR) is 38.6 cm³/mol. The van der Waals surface area contributed by atoms with Gasteiger partial charge in [0.2, 0.25) is 0 Å². The Labute approximate surface area is 72.8 Å². The molecule has 13 heavy (non-hydrogen) atoms. The quantitative estimate of drug-likeness (QED) is 0.485. The van der Waals surface area contributed by atoms with E-state index in [4.69, 9.17) is 10.5 Å². The highest BCUT2D eigenvalue weighted by atomic mass is 16.4. The zero-order chi connectivity index (χ0) is 9.84. The van der Waals surface area contributed by atoms with Crippen LogP contribution in [0, 0.1) is 22.7 Å². The first-order valence-corrected chi connectivity index (χ1v) is 3.17. The largest absolute Gasteiger partial charge is 0.448 e. The predicted octanol–water partition coefficient (Wildman–Crippen LogP) is 0.692. The van der Waals surface area contributed by atoms with E-state index in [0.29, 0.717) is 0 Å². The van der Waals surface area contributed by atoms with Gasteiger partial charge >= 0.3 is 0 Å². The van der Waals surface area contributed by atoms with Gasteiger partial charge in [-0.2, -0.15) is 10.5 Å². The average Bonchev–Trinajstić information content (AvgIpc) is 2.64. The first-order chi connectivity index (χ1) is 6.19. The first kappa shape index (κ1) is 8.69. The molecule has 0 amide bonds. The van der Waals surface area contributed by atoms with Gasteiger partial charge < -0.3 is 4.42 Å². The summed E-state index contributed by atoms with van der Waals surface area (Å²) >= 11 is 0. The van der Waals surface area contributed by atoms with Gasteiger partial charge in [0, 0.05) is 0 Å². The monoisotopic (exact) mass is 174 g/mol. The molecule has 0 fully saturated rings. The Morgan fingerprint density at radius 3 is 1.77 bits per heavy atom. The van der Waals surface area contributed by atoms with Gasteiger partial charge in [-0.1, -0.05) is 0 Å². The maximum atomic E-state index is 10.7. The highest BCUT2D eigenvalue weighted by Crippen LogP contribution is 2.08. The van der Waals surface area contributed by atoms with Crippen LogP contribution in [-0.4, -0.2) is 11.6 Å². The number of ketones is 2. The molecule has 1 rings (SSSR count). The lowest BCUT2D eigenvalue weighted by molar-refractivity contribution is 0.100. The minimum Gasteiger partial charge on any atom is -0.448 e. The number of hydrogen-bond donors (Lipinski definition) is 0. The fourth-order valence-corrected chi connectivity index (χ4v) is 0.692. The van der Waals surface area contributed by atoms with Crippen molar-refractivity contribution < 1.29 is 14.0 Å². The van der Waals surface area contributed by atoms with E-state index in [2.05, 4.69) is 4.42 Å². The lowest BCUT2D eigenvalue weighted by atomic mass is 10.3. The summed E-state index contributed by atoms with van der Waals surface area (Å²) in [7, 11) is 0. The number of nitriles is 2. The third-order valence-electron chi connectivity index (χ3n) is 1.26. The second-order valence-electron chi connectivity index (χ2n) is 2.05. The molecule has 0 aromatic carbocycles. The fourth-order valence-electron chi connectivity index (χ4n) is 0.692. The van der Waals surface area contributed by atoms with E-state index < -0.39 is 11.6 Å². The van der Waals surface area contributed by atoms with Crippen LogP contribution in [0.1, 0.15) is 21.1 Å². The molecule has 1 aromatic heterocycles. The van der Waals surface area contributed by atoms with Crippen molar-refractivity contribution in [2.75, 3.05) is 0 Å². The van der Waals surface area contributed by atoms with Crippen LogP contribution in [0.2, 0.25) is 0 Å². The third-order valence-corrected chi connectivity index (χ3v) is 1.26. The highest BCUT2D eigenvalue weighted by molar-refractivity contribution is 6.08. The zero-order valence-corrected chi connectivity index (χ0v) is 6.27. The van der Waals surface area contributed by atoms with Crippen LogP contribution in [0.3, 0.4) is 0 Å². The zero-order valence-electron chi connectivity index (χ0n) is 6.27. The van der Waals surface area contributed by atoms with Gasteiger partial charge in [0.1, 0.15) is 12.1 Å². The van der Waals surface area contributed by atoms with Crippen LogP contribution < -0.4 is 0 Å². The SMILES string of the molecule is N#CC(=O)c1ccc(C(=O)C#N)o1. The Morgan fingerprint density at radius 1 is 1.08 bits per heavy atom. The minimum absolute atomic E-state index is 0.235. The molecule has 0 radical (unpaired) electrons. The molecule has 0 spiro atoms. The second kappa shape index (κ2) is 3.33. The normalized spacial score (nSPS) is 8.46. The lowest BCUT2D eigenvalue weighted by Crippen LogP contribution is -1.93. The first-order valence-electron chi connectivity index (χ1n) is 3.17. The van der Waals surface area contributed by atoms with Crippen molar-refractivity contribution >= 4 is 11.6 Å². The summed E-state index contributed by atoms with van der Waals surface area (Å²) in [4.78, 5) is 21.4. The number of hydrogen-bond acceptors (Lipinski definition) is 5. The van der Waals surface area contributed by atoms with Gasteiger partial charge in [0.15, 0.2) is 11.5 Å². The van der Waals surface area contributed by atoms with E-state index in [1.165, 1.54) is 24.3 Å². The summed E-state index contributed by atoms with van der Waals surface area (Å²) in [6.07, 6.45) is 0.